The first kappa shape index (κ1) is 62.5. The molecule has 13 aromatic rings. The Labute approximate surface area is 550 Å². The lowest BCUT2D eigenvalue weighted by Gasteiger charge is -2.25. The van der Waals surface area contributed by atoms with E-state index in [2.05, 4.69) is 0 Å². The van der Waals surface area contributed by atoms with Crippen LogP contribution in [0.3, 0.4) is 0 Å². The first-order valence-corrected chi connectivity index (χ1v) is 31.7. The molecule has 0 amide bonds. The summed E-state index contributed by atoms with van der Waals surface area (Å²) >= 11 is 0. The Kier molecular flexibility index (Phi) is 18.4. The maximum Gasteiger partial charge on any atom is 0.331 e. The fourth-order valence-corrected chi connectivity index (χ4v) is 12.6. The molecule has 0 atom stereocenters. The molecule has 0 fully saturated rings. The molecule has 0 spiro atoms. The molecule has 0 aliphatic rings. The summed E-state index contributed by atoms with van der Waals surface area (Å²) in [5, 5.41) is 0. The number of hydrogen-bond acceptors (Lipinski definition) is 8. The molecule has 0 bridgehead atoms. The van der Waals surface area contributed by atoms with Crippen molar-refractivity contribution in [3.63, 3.8) is 0 Å². The number of rotatable bonds is 22. The molecule has 0 saturated carbocycles. The van der Waals surface area contributed by atoms with E-state index < -0.39 is 56.8 Å². The molecule has 0 N–H and O–H groups in total. The lowest BCUT2D eigenvalue weighted by molar-refractivity contribution is 0.582. The Morgan fingerprint density at radius 2 is 0.354 bits per heavy atom. The molecule has 9 aromatic carbocycles. The zero-order chi connectivity index (χ0) is 66.1. The summed E-state index contributed by atoms with van der Waals surface area (Å²) in [6.45, 7) is -0.310. The summed E-state index contributed by atoms with van der Waals surface area (Å²) in [6.07, 6.45) is 6.02. The van der Waals surface area contributed by atoms with Gasteiger partial charge in [-0.15, -0.1) is 0 Å². The third-order valence-corrected chi connectivity index (χ3v) is 17.4. The molecule has 474 valence electrons. The Balaban J connectivity index is 1.09. The van der Waals surface area contributed by atoms with Gasteiger partial charge in [0.1, 0.15) is 0 Å². The molecular weight excluding hydrogens is 1200 g/mol. The van der Waals surface area contributed by atoms with Crippen LogP contribution in [-0.2, 0) is 52.4 Å². The molecule has 96 heavy (non-hydrogen) atoms. The van der Waals surface area contributed by atoms with Crippen LogP contribution in [0.4, 0.5) is 0 Å². The first-order valence-electron chi connectivity index (χ1n) is 31.7. The predicted molar refractivity (Wildman–Crippen MR) is 373 cm³/mol. The van der Waals surface area contributed by atoms with Crippen molar-refractivity contribution in [3.8, 4) is 0 Å². The summed E-state index contributed by atoms with van der Waals surface area (Å²) in [6, 6.07) is 80.8. The van der Waals surface area contributed by atoms with Crippen molar-refractivity contribution in [3.05, 3.63) is 453 Å². The van der Waals surface area contributed by atoms with E-state index in [9.17, 15) is 19.2 Å². The molecule has 16 nitrogen and oxygen atoms in total. The SMILES string of the molecule is O=c1c(C(c2ccc(C(c3cn(Cc4ccccc4)c(=O)n(Cc4ccccc4)c3=O)c3cn(Cc4ccccc4)c(=O)n(Cc4ccccc4)c3=O)cc2)c2cn(Cc3ccccc3)c(=O)n(Cc3ccccc3)c2=O)cn(Cc2ccccc2)c(=O)n1Cc1ccccc1. The maximum absolute atomic E-state index is 15.9. The van der Waals surface area contributed by atoms with E-state index in [1.165, 1.54) is 61.3 Å². The van der Waals surface area contributed by atoms with E-state index in [0.29, 0.717) is 33.4 Å². The second-order valence-electron chi connectivity index (χ2n) is 24.0. The third-order valence-electron chi connectivity index (χ3n) is 17.4. The summed E-state index contributed by atoms with van der Waals surface area (Å²) < 4.78 is 10.5. The minimum Gasteiger partial charge on any atom is -0.296 e. The predicted octanol–water partition coefficient (Wildman–Crippen LogP) is 9.73. The highest BCUT2D eigenvalue weighted by Gasteiger charge is 2.32. The zero-order valence-electron chi connectivity index (χ0n) is 52.4. The molecule has 4 aromatic heterocycles. The molecule has 16 heteroatoms. The van der Waals surface area contributed by atoms with Crippen LogP contribution in [0, 0.1) is 0 Å². The van der Waals surface area contributed by atoms with Gasteiger partial charge >= 0.3 is 22.8 Å². The van der Waals surface area contributed by atoms with Crippen molar-refractivity contribution in [2.45, 2.75) is 64.2 Å². The number of benzene rings is 9. The fourth-order valence-electron chi connectivity index (χ4n) is 12.6. The van der Waals surface area contributed by atoms with Crippen molar-refractivity contribution < 1.29 is 0 Å². The normalized spacial score (nSPS) is 11.4. The molecule has 13 rings (SSSR count). The van der Waals surface area contributed by atoms with E-state index in [-0.39, 0.29) is 74.6 Å². The van der Waals surface area contributed by atoms with Crippen LogP contribution >= 0.6 is 0 Å². The van der Waals surface area contributed by atoms with E-state index in [1.807, 2.05) is 243 Å². The standard InChI is InChI=1S/C80H66N8O8/c89-73-67(53-81(45-57-25-9-1-10-26-57)77(93)85(73)49-61-33-17-5-18-34-61)71(68-54-82(46-58-27-11-2-12-28-58)78(94)86(74(68)90)50-62-35-19-6-20-36-62)65-41-43-66(44-42-65)72(69-55-83(47-59-29-13-3-14-30-59)79(95)87(75(69)91)51-63-37-21-7-22-38-63)70-56-84(48-60-31-15-4-16-32-60)80(96)88(76(70)92)52-64-39-23-8-24-40-64/h1-44,53-56,71-72H,45-52H2. The van der Waals surface area contributed by atoms with Gasteiger partial charge in [-0.3, -0.25) is 55.7 Å². The van der Waals surface area contributed by atoms with Crippen molar-refractivity contribution in [1.29, 1.82) is 0 Å². The summed E-state index contributed by atoms with van der Waals surface area (Å²) in [4.78, 5) is 123. The Morgan fingerprint density at radius 3 is 0.521 bits per heavy atom. The van der Waals surface area contributed by atoms with Crippen LogP contribution < -0.4 is 45.0 Å². The van der Waals surface area contributed by atoms with Crippen molar-refractivity contribution in [2.75, 3.05) is 0 Å². The van der Waals surface area contributed by atoms with Crippen LogP contribution in [0.5, 0.6) is 0 Å². The highest BCUT2D eigenvalue weighted by molar-refractivity contribution is 5.47. The highest BCUT2D eigenvalue weighted by atomic mass is 16.2. The van der Waals surface area contributed by atoms with Gasteiger partial charge in [-0.25, -0.2) is 19.2 Å². The van der Waals surface area contributed by atoms with Crippen molar-refractivity contribution >= 4 is 0 Å². The van der Waals surface area contributed by atoms with Crippen LogP contribution in [0.15, 0.2) is 330 Å². The van der Waals surface area contributed by atoms with Gasteiger partial charge in [0.2, 0.25) is 0 Å². The maximum atomic E-state index is 15.9. The van der Waals surface area contributed by atoms with Crippen LogP contribution in [0.2, 0.25) is 0 Å². The van der Waals surface area contributed by atoms with Gasteiger partial charge < -0.3 is 0 Å². The Bertz CT molecular complexity index is 4740. The monoisotopic (exact) mass is 1270 g/mol. The van der Waals surface area contributed by atoms with Gasteiger partial charge in [-0.1, -0.05) is 267 Å². The third kappa shape index (κ3) is 13.6. The summed E-state index contributed by atoms with van der Waals surface area (Å²) in [5.74, 6) is -2.61. The van der Waals surface area contributed by atoms with Gasteiger partial charge in [0.15, 0.2) is 0 Å². The van der Waals surface area contributed by atoms with E-state index in [0.717, 1.165) is 22.3 Å². The van der Waals surface area contributed by atoms with Crippen LogP contribution in [-0.4, -0.2) is 36.5 Å². The fraction of sp³-hybridized carbons (Fsp3) is 0.125. The summed E-state index contributed by atoms with van der Waals surface area (Å²) in [7, 11) is 0. The quantitative estimate of drug-likeness (QED) is 0.0644. The van der Waals surface area contributed by atoms with Crippen molar-refractivity contribution in [1.82, 2.24) is 36.5 Å². The Morgan fingerprint density at radius 1 is 0.198 bits per heavy atom. The number of hydrogen-bond donors (Lipinski definition) is 0. The highest BCUT2D eigenvalue weighted by Crippen LogP contribution is 2.33. The van der Waals surface area contributed by atoms with E-state index >= 15 is 19.2 Å². The van der Waals surface area contributed by atoms with Gasteiger partial charge in [-0.05, 0) is 55.6 Å². The van der Waals surface area contributed by atoms with E-state index in [4.69, 9.17) is 0 Å². The molecule has 0 aliphatic carbocycles. The average Bonchev–Trinajstić information content (AvgIpc) is 0.758. The van der Waals surface area contributed by atoms with Gasteiger partial charge in [-0.2, -0.15) is 0 Å². The molecule has 0 aliphatic heterocycles. The molecule has 0 saturated heterocycles. The largest absolute Gasteiger partial charge is 0.331 e. The number of aromatic nitrogens is 8. The zero-order valence-corrected chi connectivity index (χ0v) is 52.4. The molecule has 4 heterocycles. The van der Waals surface area contributed by atoms with Crippen LogP contribution in [0.1, 0.15) is 89.7 Å². The van der Waals surface area contributed by atoms with Gasteiger partial charge in [0.05, 0.1) is 52.4 Å². The van der Waals surface area contributed by atoms with Crippen molar-refractivity contribution in [2.24, 2.45) is 0 Å². The summed E-state index contributed by atoms with van der Waals surface area (Å²) in [5.41, 5.74) is 1.48. The van der Waals surface area contributed by atoms with E-state index in [1.54, 1.807) is 24.3 Å². The first-order chi connectivity index (χ1) is 46.9. The Hall–Kier alpha value is -12.3. The molecule has 0 unspecified atom stereocenters. The minimum atomic E-state index is -1.31. The minimum absolute atomic E-state index is 0.0348. The molecule has 0 radical (unpaired) electrons. The second-order valence-corrected chi connectivity index (χ2v) is 24.0. The number of nitrogens with zero attached hydrogens (tertiary/aromatic N) is 8. The molecular formula is C80H66N8O8. The lowest BCUT2D eigenvalue weighted by atomic mass is 9.83. The topological polar surface area (TPSA) is 176 Å². The second kappa shape index (κ2) is 28.3. The average molecular weight is 1270 g/mol. The van der Waals surface area contributed by atoms with Gasteiger partial charge in [0.25, 0.3) is 22.2 Å². The van der Waals surface area contributed by atoms with Gasteiger partial charge in [0, 0.05) is 58.9 Å². The smallest absolute Gasteiger partial charge is 0.296 e. The lowest BCUT2D eigenvalue weighted by Crippen LogP contribution is -2.45. The van der Waals surface area contributed by atoms with Crippen LogP contribution in [0.25, 0.3) is 0 Å².